The molecule has 1 aromatic heterocycles. The van der Waals surface area contributed by atoms with Gasteiger partial charge >= 0.3 is 11.9 Å². The fraction of sp³-hybridized carbons (Fsp3) is 0.214. The van der Waals surface area contributed by atoms with Crippen LogP contribution in [-0.2, 0) is 9.53 Å². The Morgan fingerprint density at radius 2 is 2.00 bits per heavy atom. The number of aromatic nitrogens is 1. The quantitative estimate of drug-likeness (QED) is 0.791. The molecule has 0 atom stereocenters. The normalized spacial score (nSPS) is 10.2. The zero-order valence-electron chi connectivity index (χ0n) is 10.7. The molecule has 2 rings (SSSR count). The van der Waals surface area contributed by atoms with E-state index < -0.39 is 11.9 Å². The van der Waals surface area contributed by atoms with Crippen LogP contribution >= 0.6 is 0 Å². The van der Waals surface area contributed by atoms with Crippen molar-refractivity contribution in [2.75, 3.05) is 6.61 Å². The standard InChI is InChI=1S/C14H13NO4/c1-3-18-14(17)12-8-13(19-9(2)16)10-6-4-5-7-11(10)15-12/h4-8H,3H2,1-2H3. The lowest BCUT2D eigenvalue weighted by molar-refractivity contribution is -0.131. The van der Waals surface area contributed by atoms with Crippen molar-refractivity contribution in [3.05, 3.63) is 36.0 Å². The fourth-order valence-electron chi connectivity index (χ4n) is 1.69. The Bertz CT molecular complexity index is 636. The van der Waals surface area contributed by atoms with Gasteiger partial charge < -0.3 is 9.47 Å². The van der Waals surface area contributed by atoms with Crippen LogP contribution in [-0.4, -0.2) is 23.5 Å². The summed E-state index contributed by atoms with van der Waals surface area (Å²) in [5.74, 6) is -0.686. The predicted molar refractivity (Wildman–Crippen MR) is 69.0 cm³/mol. The van der Waals surface area contributed by atoms with Crippen LogP contribution in [0.15, 0.2) is 30.3 Å². The molecule has 1 heterocycles. The summed E-state index contributed by atoms with van der Waals surface area (Å²) in [6.07, 6.45) is 0. The highest BCUT2D eigenvalue weighted by atomic mass is 16.5. The van der Waals surface area contributed by atoms with E-state index in [4.69, 9.17) is 9.47 Å². The second kappa shape index (κ2) is 5.48. The second-order valence-corrected chi connectivity index (χ2v) is 3.84. The Hall–Kier alpha value is -2.43. The van der Waals surface area contributed by atoms with Crippen LogP contribution in [0.5, 0.6) is 5.75 Å². The van der Waals surface area contributed by atoms with Gasteiger partial charge in [-0.3, -0.25) is 4.79 Å². The van der Waals surface area contributed by atoms with Gasteiger partial charge in [0, 0.05) is 18.4 Å². The van der Waals surface area contributed by atoms with Gasteiger partial charge in [0.1, 0.15) is 5.75 Å². The monoisotopic (exact) mass is 259 g/mol. The number of fused-ring (bicyclic) bond motifs is 1. The number of carbonyl (C=O) groups is 2. The van der Waals surface area contributed by atoms with Crippen LogP contribution in [0.1, 0.15) is 24.3 Å². The maximum absolute atomic E-state index is 11.7. The maximum Gasteiger partial charge on any atom is 0.357 e. The van der Waals surface area contributed by atoms with Crippen LogP contribution in [0.4, 0.5) is 0 Å². The molecule has 0 fully saturated rings. The van der Waals surface area contributed by atoms with Gasteiger partial charge in [0.2, 0.25) is 0 Å². The highest BCUT2D eigenvalue weighted by Gasteiger charge is 2.14. The van der Waals surface area contributed by atoms with Gasteiger partial charge in [0.25, 0.3) is 0 Å². The molecular weight excluding hydrogens is 246 g/mol. The van der Waals surface area contributed by atoms with Crippen molar-refractivity contribution < 1.29 is 19.1 Å². The summed E-state index contributed by atoms with van der Waals surface area (Å²) in [7, 11) is 0. The number of ether oxygens (including phenoxy) is 2. The summed E-state index contributed by atoms with van der Waals surface area (Å²) in [6.45, 7) is 3.28. The van der Waals surface area contributed by atoms with Crippen molar-refractivity contribution in [3.8, 4) is 5.75 Å². The molecule has 0 saturated heterocycles. The van der Waals surface area contributed by atoms with Crippen molar-refractivity contribution in [2.45, 2.75) is 13.8 Å². The highest BCUT2D eigenvalue weighted by Crippen LogP contribution is 2.25. The van der Waals surface area contributed by atoms with Gasteiger partial charge in [-0.25, -0.2) is 9.78 Å². The van der Waals surface area contributed by atoms with E-state index in [9.17, 15) is 9.59 Å². The molecule has 0 saturated carbocycles. The minimum atomic E-state index is -0.540. The first-order valence-corrected chi connectivity index (χ1v) is 5.87. The highest BCUT2D eigenvalue weighted by molar-refractivity contribution is 5.95. The average Bonchev–Trinajstić information content (AvgIpc) is 2.38. The molecule has 0 amide bonds. The molecule has 0 spiro atoms. The molecule has 0 unspecified atom stereocenters. The first kappa shape index (κ1) is 13.0. The number of carbonyl (C=O) groups excluding carboxylic acids is 2. The van der Waals surface area contributed by atoms with Gasteiger partial charge in [-0.1, -0.05) is 12.1 Å². The summed E-state index contributed by atoms with van der Waals surface area (Å²) in [6, 6.07) is 8.53. The number of hydrogen-bond donors (Lipinski definition) is 0. The number of benzene rings is 1. The molecule has 5 heteroatoms. The van der Waals surface area contributed by atoms with Crippen molar-refractivity contribution in [3.63, 3.8) is 0 Å². The van der Waals surface area contributed by atoms with Gasteiger partial charge in [-0.05, 0) is 19.1 Å². The van der Waals surface area contributed by atoms with Gasteiger partial charge in [0.15, 0.2) is 5.69 Å². The molecule has 98 valence electrons. The summed E-state index contributed by atoms with van der Waals surface area (Å²) in [4.78, 5) is 27.0. The third-order valence-electron chi connectivity index (χ3n) is 2.42. The molecule has 0 bridgehead atoms. The lowest BCUT2D eigenvalue weighted by atomic mass is 10.2. The van der Waals surface area contributed by atoms with E-state index in [0.29, 0.717) is 16.7 Å². The number of para-hydroxylation sites is 1. The minimum Gasteiger partial charge on any atom is -0.461 e. The van der Waals surface area contributed by atoms with Crippen LogP contribution in [0, 0.1) is 0 Å². The van der Waals surface area contributed by atoms with Crippen molar-refractivity contribution in [1.82, 2.24) is 4.98 Å². The molecule has 0 aliphatic heterocycles. The summed E-state index contributed by atoms with van der Waals surface area (Å²) < 4.78 is 10.0. The van der Waals surface area contributed by atoms with Gasteiger partial charge in [0.05, 0.1) is 12.1 Å². The molecule has 0 aliphatic carbocycles. The first-order valence-electron chi connectivity index (χ1n) is 5.87. The Labute approximate surface area is 110 Å². The van der Waals surface area contributed by atoms with Crippen LogP contribution in [0.3, 0.4) is 0 Å². The van der Waals surface area contributed by atoms with Crippen LogP contribution in [0.25, 0.3) is 10.9 Å². The molecule has 5 nitrogen and oxygen atoms in total. The third kappa shape index (κ3) is 2.88. The zero-order valence-corrected chi connectivity index (χ0v) is 10.7. The first-order chi connectivity index (χ1) is 9.11. The lowest BCUT2D eigenvalue weighted by Crippen LogP contribution is -2.09. The zero-order chi connectivity index (χ0) is 13.8. The molecule has 0 aliphatic rings. The second-order valence-electron chi connectivity index (χ2n) is 3.84. The van der Waals surface area contributed by atoms with E-state index in [1.54, 1.807) is 31.2 Å². The molecule has 19 heavy (non-hydrogen) atoms. The Kier molecular flexibility index (Phi) is 3.75. The molecule has 1 aromatic carbocycles. The molecule has 2 aromatic rings. The number of rotatable bonds is 3. The minimum absolute atomic E-state index is 0.122. The fourth-order valence-corrected chi connectivity index (χ4v) is 1.69. The molecule has 0 N–H and O–H groups in total. The Morgan fingerprint density at radius 3 is 2.68 bits per heavy atom. The van der Waals surface area contributed by atoms with Crippen molar-refractivity contribution in [2.24, 2.45) is 0 Å². The van der Waals surface area contributed by atoms with Gasteiger partial charge in [-0.2, -0.15) is 0 Å². The Balaban J connectivity index is 2.56. The third-order valence-corrected chi connectivity index (χ3v) is 2.42. The topological polar surface area (TPSA) is 65.5 Å². The van der Waals surface area contributed by atoms with E-state index in [1.165, 1.54) is 13.0 Å². The van der Waals surface area contributed by atoms with E-state index >= 15 is 0 Å². The van der Waals surface area contributed by atoms with Crippen molar-refractivity contribution in [1.29, 1.82) is 0 Å². The number of pyridine rings is 1. The lowest BCUT2D eigenvalue weighted by Gasteiger charge is -2.08. The van der Waals surface area contributed by atoms with E-state index in [1.807, 2.05) is 0 Å². The molecular formula is C14H13NO4. The summed E-state index contributed by atoms with van der Waals surface area (Å²) >= 11 is 0. The number of nitrogens with zero attached hydrogens (tertiary/aromatic N) is 1. The number of hydrogen-bond acceptors (Lipinski definition) is 5. The van der Waals surface area contributed by atoms with Crippen LogP contribution in [0.2, 0.25) is 0 Å². The summed E-state index contributed by atoms with van der Waals surface area (Å²) in [5.41, 5.74) is 0.695. The van der Waals surface area contributed by atoms with Gasteiger partial charge in [-0.15, -0.1) is 0 Å². The van der Waals surface area contributed by atoms with Crippen LogP contribution < -0.4 is 4.74 Å². The van der Waals surface area contributed by atoms with E-state index in [-0.39, 0.29) is 12.3 Å². The maximum atomic E-state index is 11.7. The Morgan fingerprint density at radius 1 is 1.26 bits per heavy atom. The summed E-state index contributed by atoms with van der Waals surface area (Å²) in [5, 5.41) is 0.672. The predicted octanol–water partition coefficient (Wildman–Crippen LogP) is 2.34. The van der Waals surface area contributed by atoms with Crippen molar-refractivity contribution >= 4 is 22.8 Å². The SMILES string of the molecule is CCOC(=O)c1cc(OC(C)=O)c2ccccc2n1. The molecule has 0 radical (unpaired) electrons. The largest absolute Gasteiger partial charge is 0.461 e. The number of esters is 2. The van der Waals surface area contributed by atoms with E-state index in [0.717, 1.165) is 0 Å². The smallest absolute Gasteiger partial charge is 0.357 e. The van der Waals surface area contributed by atoms with E-state index in [2.05, 4.69) is 4.98 Å². The average molecular weight is 259 g/mol.